The summed E-state index contributed by atoms with van der Waals surface area (Å²) in [6, 6.07) is 4.62. The second-order valence-corrected chi connectivity index (χ2v) is 5.24. The number of hydrogen-bond donors (Lipinski definition) is 2. The summed E-state index contributed by atoms with van der Waals surface area (Å²) in [5.41, 5.74) is 7.61. The molecule has 2 rings (SSSR count). The van der Waals surface area contributed by atoms with Crippen molar-refractivity contribution in [1.82, 2.24) is 9.88 Å². The van der Waals surface area contributed by atoms with Crippen molar-refractivity contribution in [2.45, 2.75) is 38.6 Å². The van der Waals surface area contributed by atoms with Gasteiger partial charge in [0.2, 0.25) is 0 Å². The number of pyridine rings is 1. The third-order valence-corrected chi connectivity index (χ3v) is 3.77. The number of likely N-dealkylation sites (N-methyl/N-ethyl adjacent to an activating group) is 1. The number of rotatable bonds is 5. The van der Waals surface area contributed by atoms with Crippen LogP contribution in [0.4, 0.5) is 11.5 Å². The zero-order chi connectivity index (χ0) is 13.0. The molecule has 1 saturated carbocycles. The number of nitrogens with one attached hydrogen (secondary N) is 1. The molecule has 3 N–H and O–H groups in total. The van der Waals surface area contributed by atoms with E-state index in [4.69, 9.17) is 5.73 Å². The van der Waals surface area contributed by atoms with Crippen molar-refractivity contribution in [3.8, 4) is 0 Å². The smallest absolute Gasteiger partial charge is 0.149 e. The molecule has 4 nitrogen and oxygen atoms in total. The molecule has 1 heterocycles. The van der Waals surface area contributed by atoms with Crippen LogP contribution in [-0.2, 0) is 0 Å². The molecule has 18 heavy (non-hydrogen) atoms. The van der Waals surface area contributed by atoms with Crippen LogP contribution in [-0.4, -0.2) is 36.1 Å². The van der Waals surface area contributed by atoms with Gasteiger partial charge in [0.25, 0.3) is 0 Å². The highest BCUT2D eigenvalue weighted by molar-refractivity contribution is 5.61. The zero-order valence-electron chi connectivity index (χ0n) is 11.4. The predicted octanol–water partition coefficient (Wildman–Crippen LogP) is 2.26. The monoisotopic (exact) mass is 248 g/mol. The summed E-state index contributed by atoms with van der Waals surface area (Å²) in [4.78, 5) is 6.86. The van der Waals surface area contributed by atoms with Gasteiger partial charge in [-0.2, -0.15) is 0 Å². The van der Waals surface area contributed by atoms with E-state index in [2.05, 4.69) is 22.2 Å². The van der Waals surface area contributed by atoms with Gasteiger partial charge in [-0.15, -0.1) is 0 Å². The maximum absolute atomic E-state index is 5.89. The summed E-state index contributed by atoms with van der Waals surface area (Å²) in [5, 5.41) is 3.33. The molecule has 0 aliphatic heterocycles. The van der Waals surface area contributed by atoms with E-state index in [0.29, 0.717) is 0 Å². The zero-order valence-corrected chi connectivity index (χ0v) is 11.4. The van der Waals surface area contributed by atoms with Gasteiger partial charge in [0.1, 0.15) is 5.82 Å². The first-order valence-corrected chi connectivity index (χ1v) is 6.84. The van der Waals surface area contributed by atoms with Crippen LogP contribution >= 0.6 is 0 Å². The number of nitrogens with zero attached hydrogens (tertiary/aromatic N) is 2. The maximum Gasteiger partial charge on any atom is 0.149 e. The molecule has 0 atom stereocenters. The summed E-state index contributed by atoms with van der Waals surface area (Å²) >= 11 is 0. The molecular weight excluding hydrogens is 224 g/mol. The minimum absolute atomic E-state index is 0.726. The lowest BCUT2D eigenvalue weighted by Gasteiger charge is -2.24. The van der Waals surface area contributed by atoms with Gasteiger partial charge in [0, 0.05) is 24.8 Å². The van der Waals surface area contributed by atoms with E-state index < -0.39 is 0 Å². The highest BCUT2D eigenvalue weighted by atomic mass is 15.2. The third-order valence-electron chi connectivity index (χ3n) is 3.77. The van der Waals surface area contributed by atoms with Gasteiger partial charge in [-0.3, -0.25) is 0 Å². The molecule has 0 radical (unpaired) electrons. The standard InChI is InChI=1S/C14H24N4/c1-11-7-8-13(15)14(17-11)16-9-10-18(2)12-5-3-4-6-12/h7-8,12H,3-6,9-10,15H2,1-2H3,(H,16,17). The predicted molar refractivity (Wildman–Crippen MR) is 76.8 cm³/mol. The van der Waals surface area contributed by atoms with Crippen LogP contribution in [0.2, 0.25) is 0 Å². The Morgan fingerprint density at radius 2 is 2.11 bits per heavy atom. The SMILES string of the molecule is Cc1ccc(N)c(NCCN(C)C2CCCC2)n1. The molecule has 0 spiro atoms. The molecule has 0 amide bonds. The topological polar surface area (TPSA) is 54.2 Å². The van der Waals surface area contributed by atoms with Crippen LogP contribution in [0.25, 0.3) is 0 Å². The molecule has 4 heteroatoms. The van der Waals surface area contributed by atoms with Crippen LogP contribution in [0.15, 0.2) is 12.1 Å². The number of aromatic nitrogens is 1. The lowest BCUT2D eigenvalue weighted by atomic mass is 10.2. The molecule has 0 aromatic carbocycles. The first-order valence-electron chi connectivity index (χ1n) is 6.84. The van der Waals surface area contributed by atoms with Crippen molar-refractivity contribution in [2.75, 3.05) is 31.2 Å². The molecule has 1 aliphatic rings. The second-order valence-electron chi connectivity index (χ2n) is 5.24. The number of nitrogen functional groups attached to an aromatic ring is 1. The van der Waals surface area contributed by atoms with Crippen molar-refractivity contribution in [1.29, 1.82) is 0 Å². The first kappa shape index (κ1) is 13.1. The fourth-order valence-electron chi connectivity index (χ4n) is 2.59. The number of aryl methyl sites for hydroxylation is 1. The van der Waals surface area contributed by atoms with Gasteiger partial charge in [-0.05, 0) is 38.9 Å². The van der Waals surface area contributed by atoms with E-state index >= 15 is 0 Å². The summed E-state index contributed by atoms with van der Waals surface area (Å²) in [6.45, 7) is 3.92. The van der Waals surface area contributed by atoms with Crippen LogP contribution in [0.3, 0.4) is 0 Å². The molecule has 1 aliphatic carbocycles. The summed E-state index contributed by atoms with van der Waals surface area (Å²) in [7, 11) is 2.21. The quantitative estimate of drug-likeness (QED) is 0.839. The fourth-order valence-corrected chi connectivity index (χ4v) is 2.59. The van der Waals surface area contributed by atoms with Gasteiger partial charge in [0.15, 0.2) is 0 Å². The van der Waals surface area contributed by atoms with E-state index in [1.165, 1.54) is 25.7 Å². The summed E-state index contributed by atoms with van der Waals surface area (Å²) < 4.78 is 0. The number of anilines is 2. The third kappa shape index (κ3) is 3.35. The molecule has 0 unspecified atom stereocenters. The van der Waals surface area contributed by atoms with Crippen LogP contribution in [0.5, 0.6) is 0 Å². The van der Waals surface area contributed by atoms with Crippen molar-refractivity contribution in [2.24, 2.45) is 0 Å². The Labute approximate surface area is 110 Å². The second kappa shape index (κ2) is 6.05. The lowest BCUT2D eigenvalue weighted by molar-refractivity contribution is 0.254. The fraction of sp³-hybridized carbons (Fsp3) is 0.643. The minimum atomic E-state index is 0.726. The van der Waals surface area contributed by atoms with Crippen molar-refractivity contribution >= 4 is 11.5 Å². The molecule has 1 fully saturated rings. The molecule has 0 bridgehead atoms. The number of hydrogen-bond acceptors (Lipinski definition) is 4. The Morgan fingerprint density at radius 1 is 1.39 bits per heavy atom. The van der Waals surface area contributed by atoms with Gasteiger partial charge in [-0.1, -0.05) is 12.8 Å². The van der Waals surface area contributed by atoms with E-state index in [1.807, 2.05) is 19.1 Å². The van der Waals surface area contributed by atoms with Gasteiger partial charge >= 0.3 is 0 Å². The van der Waals surface area contributed by atoms with Crippen molar-refractivity contribution in [3.63, 3.8) is 0 Å². The van der Waals surface area contributed by atoms with E-state index in [9.17, 15) is 0 Å². The molecule has 1 aromatic heterocycles. The number of nitrogens with two attached hydrogens (primary N) is 1. The minimum Gasteiger partial charge on any atom is -0.396 e. The summed E-state index contributed by atoms with van der Waals surface area (Å²) in [6.07, 6.45) is 5.46. The largest absolute Gasteiger partial charge is 0.396 e. The first-order chi connectivity index (χ1) is 8.66. The Kier molecular flexibility index (Phi) is 4.42. The molecule has 1 aromatic rings. The molecule has 100 valence electrons. The van der Waals surface area contributed by atoms with E-state index in [0.717, 1.165) is 36.3 Å². The average Bonchev–Trinajstić information content (AvgIpc) is 2.87. The lowest BCUT2D eigenvalue weighted by Crippen LogP contribution is -2.33. The normalized spacial score (nSPS) is 16.4. The van der Waals surface area contributed by atoms with Crippen molar-refractivity contribution < 1.29 is 0 Å². The van der Waals surface area contributed by atoms with E-state index in [1.54, 1.807) is 0 Å². The Bertz CT molecular complexity index is 385. The van der Waals surface area contributed by atoms with Crippen LogP contribution in [0.1, 0.15) is 31.4 Å². The molecule has 0 saturated heterocycles. The Morgan fingerprint density at radius 3 is 2.83 bits per heavy atom. The van der Waals surface area contributed by atoms with Crippen LogP contribution in [0, 0.1) is 6.92 Å². The summed E-state index contributed by atoms with van der Waals surface area (Å²) in [5.74, 6) is 0.815. The highest BCUT2D eigenvalue weighted by Gasteiger charge is 2.18. The average molecular weight is 248 g/mol. The van der Waals surface area contributed by atoms with Gasteiger partial charge in [-0.25, -0.2) is 4.98 Å². The maximum atomic E-state index is 5.89. The molecular formula is C14H24N4. The van der Waals surface area contributed by atoms with E-state index in [-0.39, 0.29) is 0 Å². The Hall–Kier alpha value is -1.29. The van der Waals surface area contributed by atoms with Crippen LogP contribution < -0.4 is 11.1 Å². The van der Waals surface area contributed by atoms with Gasteiger partial charge < -0.3 is 16.0 Å². The Balaban J connectivity index is 1.79. The van der Waals surface area contributed by atoms with Crippen molar-refractivity contribution in [3.05, 3.63) is 17.8 Å². The highest BCUT2D eigenvalue weighted by Crippen LogP contribution is 2.22. The van der Waals surface area contributed by atoms with Gasteiger partial charge in [0.05, 0.1) is 5.69 Å².